The van der Waals surface area contributed by atoms with Crippen LogP contribution in [0.5, 0.6) is 5.75 Å². The number of fused-ring (bicyclic) bond motifs is 1. The van der Waals surface area contributed by atoms with Crippen LogP contribution in [0.2, 0.25) is 0 Å². The zero-order chi connectivity index (χ0) is 28.7. The minimum atomic E-state index is -4.67. The van der Waals surface area contributed by atoms with E-state index in [1.165, 1.54) is 18.5 Å². The summed E-state index contributed by atoms with van der Waals surface area (Å²) in [6.45, 7) is 1.69. The van der Waals surface area contributed by atoms with E-state index in [2.05, 4.69) is 31.0 Å². The molecule has 1 aliphatic heterocycles. The van der Waals surface area contributed by atoms with Gasteiger partial charge in [-0.25, -0.2) is 5.84 Å². The number of benzene rings is 1. The predicted molar refractivity (Wildman–Crippen MR) is 141 cm³/mol. The average Bonchev–Trinajstić information content (AvgIpc) is 3.57. The minimum absolute atomic E-state index is 0.00835. The molecule has 1 aromatic carbocycles. The first kappa shape index (κ1) is 27.1. The smallest absolute Gasteiger partial charge is 0.417 e. The van der Waals surface area contributed by atoms with Crippen molar-refractivity contribution in [2.45, 2.75) is 26.3 Å². The molecule has 0 saturated heterocycles. The van der Waals surface area contributed by atoms with E-state index in [-0.39, 0.29) is 35.0 Å². The molecular weight excluding hydrogens is 531 g/mol. The fraction of sp³-hybridized carbons (Fsp3) is 0.280. The number of aryl methyl sites for hydroxylation is 1. The number of hydrogen-bond acceptors (Lipinski definition) is 9. The van der Waals surface area contributed by atoms with Gasteiger partial charge < -0.3 is 25.2 Å². The molecule has 4 heterocycles. The Labute approximate surface area is 226 Å². The molecule has 5 rings (SSSR count). The van der Waals surface area contributed by atoms with Crippen LogP contribution in [-0.2, 0) is 26.4 Å². The van der Waals surface area contributed by atoms with Gasteiger partial charge in [-0.1, -0.05) is 5.16 Å². The fourth-order valence-electron chi connectivity index (χ4n) is 4.72. The van der Waals surface area contributed by atoms with Gasteiger partial charge in [0.05, 0.1) is 28.6 Å². The Balaban J connectivity index is 1.62. The molecule has 1 atom stereocenters. The van der Waals surface area contributed by atoms with Crippen molar-refractivity contribution in [3.8, 4) is 17.0 Å². The van der Waals surface area contributed by atoms with E-state index < -0.39 is 22.9 Å². The van der Waals surface area contributed by atoms with Crippen molar-refractivity contribution in [2.24, 2.45) is 17.9 Å². The highest BCUT2D eigenvalue weighted by atomic mass is 19.4. The van der Waals surface area contributed by atoms with Crippen LogP contribution in [0.1, 0.15) is 29.2 Å². The molecule has 0 fully saturated rings. The topological polar surface area (TPSA) is 151 Å². The maximum Gasteiger partial charge on any atom is 0.417 e. The first-order chi connectivity index (χ1) is 19.1. The maximum absolute atomic E-state index is 14.3. The molecule has 40 heavy (non-hydrogen) atoms. The lowest BCUT2D eigenvalue weighted by Gasteiger charge is -2.49. The second-order valence-electron chi connectivity index (χ2n) is 9.06. The first-order valence-corrected chi connectivity index (χ1v) is 12.2. The van der Waals surface area contributed by atoms with Crippen LogP contribution < -0.4 is 26.0 Å². The number of hydroxylamine groups is 1. The summed E-state index contributed by atoms with van der Waals surface area (Å²) < 4.78 is 52.6. The van der Waals surface area contributed by atoms with Crippen LogP contribution in [0, 0.1) is 5.21 Å². The molecule has 0 bridgehead atoms. The molecule has 3 aromatic heterocycles. The molecule has 210 valence electrons. The largest absolute Gasteiger partial charge is 0.620 e. The number of nitrogens with two attached hydrogens (primary N) is 1. The van der Waals surface area contributed by atoms with Crippen LogP contribution in [0.25, 0.3) is 11.3 Å². The zero-order valence-corrected chi connectivity index (χ0v) is 21.8. The van der Waals surface area contributed by atoms with Gasteiger partial charge in [0.1, 0.15) is 36.7 Å². The normalized spacial score (nSPS) is 16.9. The fourth-order valence-corrected chi connectivity index (χ4v) is 4.72. The maximum atomic E-state index is 14.3. The number of aliphatic imine (C=N–C) groups is 1. The highest BCUT2D eigenvalue weighted by Gasteiger charge is 2.47. The summed E-state index contributed by atoms with van der Waals surface area (Å²) >= 11 is 0. The third-order valence-corrected chi connectivity index (χ3v) is 6.54. The standard InChI is InChI=1S/C25H26F3N9O3/c1-4-31-21-7-15(23-17(10-32-36(23)3)24(30-2)35-29)8-22(34-21)37(38)11-18-19(25(26,27)28)5-14(6-20(18)37)12-39-16-9-33-40-13-16/h5-10,13H,4,11-12,29H2,1-3H3,(H,30,35)(H,31,34). The third kappa shape index (κ3) is 4.74. The molecule has 0 saturated carbocycles. The van der Waals surface area contributed by atoms with E-state index in [9.17, 15) is 18.4 Å². The number of ether oxygens (including phenoxy) is 1. The summed E-state index contributed by atoms with van der Waals surface area (Å²) in [5.41, 5.74) is 3.38. The van der Waals surface area contributed by atoms with Gasteiger partial charge in [0.25, 0.3) is 0 Å². The van der Waals surface area contributed by atoms with E-state index in [1.807, 2.05) is 6.92 Å². The monoisotopic (exact) mass is 557 g/mol. The summed E-state index contributed by atoms with van der Waals surface area (Å²) in [4.78, 5) is 8.64. The molecule has 15 heteroatoms. The van der Waals surface area contributed by atoms with Gasteiger partial charge in [-0.05, 0) is 24.6 Å². The molecular formula is C25H26F3N9O3. The quantitative estimate of drug-likeness (QED) is 0.0729. The number of pyridine rings is 1. The SMILES string of the molecule is CCNc1cc(-c2c(C(=NC)NN)cnn2C)cc([N+]2([O-])Cc3c(C(F)(F)F)cc(COc4cnoc4)cc32)n1. The molecule has 4 aromatic rings. The lowest BCUT2D eigenvalue weighted by molar-refractivity contribution is -0.138. The van der Waals surface area contributed by atoms with Crippen molar-refractivity contribution in [1.82, 2.24) is 30.0 Å². The van der Waals surface area contributed by atoms with E-state index in [4.69, 9.17) is 15.1 Å². The number of hydrogen-bond donors (Lipinski definition) is 3. The Morgan fingerprint density at radius 2 is 2.08 bits per heavy atom. The molecule has 12 nitrogen and oxygen atoms in total. The summed E-state index contributed by atoms with van der Waals surface area (Å²) in [6, 6.07) is 5.70. The van der Waals surface area contributed by atoms with Gasteiger partial charge in [0, 0.05) is 38.3 Å². The number of rotatable bonds is 8. The predicted octanol–water partition coefficient (Wildman–Crippen LogP) is 3.99. The summed E-state index contributed by atoms with van der Waals surface area (Å²) in [5, 5.41) is 25.2. The summed E-state index contributed by atoms with van der Waals surface area (Å²) in [6.07, 6.45) is -0.581. The van der Waals surface area contributed by atoms with Gasteiger partial charge in [-0.2, -0.15) is 23.3 Å². The second-order valence-corrected chi connectivity index (χ2v) is 9.06. The number of nitrogens with one attached hydrogen (secondary N) is 2. The van der Waals surface area contributed by atoms with Crippen molar-refractivity contribution in [3.63, 3.8) is 0 Å². The van der Waals surface area contributed by atoms with Crippen LogP contribution >= 0.6 is 0 Å². The average molecular weight is 558 g/mol. The van der Waals surface area contributed by atoms with Gasteiger partial charge in [-0.3, -0.25) is 14.3 Å². The Morgan fingerprint density at radius 1 is 1.27 bits per heavy atom. The lowest BCUT2D eigenvalue weighted by atomic mass is 9.93. The van der Waals surface area contributed by atoms with Gasteiger partial charge in [0.15, 0.2) is 12.0 Å². The molecule has 0 aliphatic carbocycles. The minimum Gasteiger partial charge on any atom is -0.620 e. The molecule has 4 N–H and O–H groups in total. The number of halogens is 3. The Morgan fingerprint density at radius 3 is 2.73 bits per heavy atom. The van der Waals surface area contributed by atoms with Crippen LogP contribution in [0.4, 0.5) is 30.5 Å². The number of quaternary nitrogens is 1. The van der Waals surface area contributed by atoms with Crippen LogP contribution in [-0.4, -0.2) is 39.3 Å². The number of nitrogens with zero attached hydrogens (tertiary/aromatic N) is 6. The van der Waals surface area contributed by atoms with Gasteiger partial charge in [-0.15, -0.1) is 0 Å². The highest BCUT2D eigenvalue weighted by Crippen LogP contribution is 2.52. The van der Waals surface area contributed by atoms with E-state index in [0.29, 0.717) is 35.0 Å². The van der Waals surface area contributed by atoms with Crippen molar-refractivity contribution < 1.29 is 22.4 Å². The van der Waals surface area contributed by atoms with E-state index in [1.54, 1.807) is 37.1 Å². The Bertz CT molecular complexity index is 1570. The molecule has 0 amide bonds. The Hall–Kier alpha value is -4.47. The van der Waals surface area contributed by atoms with Crippen molar-refractivity contribution in [3.05, 3.63) is 70.4 Å². The van der Waals surface area contributed by atoms with Crippen molar-refractivity contribution in [1.29, 1.82) is 0 Å². The van der Waals surface area contributed by atoms with E-state index in [0.717, 1.165) is 6.07 Å². The van der Waals surface area contributed by atoms with Crippen molar-refractivity contribution in [2.75, 3.05) is 18.9 Å². The van der Waals surface area contributed by atoms with E-state index >= 15 is 0 Å². The zero-order valence-electron chi connectivity index (χ0n) is 21.8. The number of hydrazine groups is 1. The lowest BCUT2D eigenvalue weighted by Crippen LogP contribution is -2.47. The number of amidine groups is 1. The molecule has 1 aliphatic rings. The number of anilines is 1. The van der Waals surface area contributed by atoms with Gasteiger partial charge >= 0.3 is 6.18 Å². The Kier molecular flexibility index (Phi) is 6.95. The second kappa shape index (κ2) is 10.3. The number of aromatic nitrogens is 4. The van der Waals surface area contributed by atoms with Crippen molar-refractivity contribution >= 4 is 23.2 Å². The van der Waals surface area contributed by atoms with Crippen LogP contribution in [0.15, 0.2) is 52.4 Å². The van der Waals surface area contributed by atoms with Gasteiger partial charge in [0.2, 0.25) is 5.82 Å². The first-order valence-electron chi connectivity index (χ1n) is 12.2. The number of alkyl halides is 3. The molecule has 1 unspecified atom stereocenters. The highest BCUT2D eigenvalue weighted by molar-refractivity contribution is 6.03. The summed E-state index contributed by atoms with van der Waals surface area (Å²) in [7, 11) is 3.28. The van der Waals surface area contributed by atoms with Crippen LogP contribution in [0.3, 0.4) is 0 Å². The third-order valence-electron chi connectivity index (χ3n) is 6.54. The molecule has 0 radical (unpaired) electrons. The summed E-state index contributed by atoms with van der Waals surface area (Å²) in [5.74, 6) is 6.64. The molecule has 0 spiro atoms.